The average Bonchev–Trinajstić information content (AvgIpc) is 3.07. The fourth-order valence-corrected chi connectivity index (χ4v) is 3.39. The summed E-state index contributed by atoms with van der Waals surface area (Å²) in [5.41, 5.74) is 3.97. The zero-order chi connectivity index (χ0) is 15.8. The zero-order valence-corrected chi connectivity index (χ0v) is 12.9. The number of rotatable bonds is 3. The van der Waals surface area contributed by atoms with Gasteiger partial charge in [0.15, 0.2) is 0 Å². The maximum atomic E-state index is 11.1. The fourth-order valence-electron chi connectivity index (χ4n) is 3.39. The number of ether oxygens (including phenoxy) is 1. The molecule has 2 aliphatic rings. The van der Waals surface area contributed by atoms with E-state index in [-0.39, 0.29) is 5.56 Å². The number of carboxylic acid groups (broad SMARTS) is 1. The smallest absolute Gasteiger partial charge is 0.335 e. The molecule has 1 aromatic heterocycles. The second-order valence-corrected chi connectivity index (χ2v) is 6.13. The Morgan fingerprint density at radius 1 is 1.35 bits per heavy atom. The van der Waals surface area contributed by atoms with Gasteiger partial charge in [-0.15, -0.1) is 0 Å². The molecular formula is C17H19N3O3. The van der Waals surface area contributed by atoms with E-state index in [0.29, 0.717) is 12.4 Å². The molecule has 0 saturated carbocycles. The lowest BCUT2D eigenvalue weighted by atomic mass is 10.1. The molecule has 0 fully saturated rings. The zero-order valence-electron chi connectivity index (χ0n) is 12.9. The largest absolute Gasteiger partial charge is 0.492 e. The van der Waals surface area contributed by atoms with Gasteiger partial charge in [-0.3, -0.25) is 9.58 Å². The Morgan fingerprint density at radius 3 is 3.13 bits per heavy atom. The summed E-state index contributed by atoms with van der Waals surface area (Å²) in [5, 5.41) is 13.5. The van der Waals surface area contributed by atoms with Crippen LogP contribution < -0.4 is 4.74 Å². The molecule has 120 valence electrons. The van der Waals surface area contributed by atoms with Gasteiger partial charge < -0.3 is 9.84 Å². The summed E-state index contributed by atoms with van der Waals surface area (Å²) in [4.78, 5) is 13.4. The number of aryl methyl sites for hydroxylation is 1. The molecule has 0 atom stereocenters. The topological polar surface area (TPSA) is 67.6 Å². The predicted octanol–water partition coefficient (Wildman–Crippen LogP) is 1.92. The summed E-state index contributed by atoms with van der Waals surface area (Å²) in [7, 11) is 0. The first-order chi connectivity index (χ1) is 11.2. The van der Waals surface area contributed by atoms with E-state index in [1.165, 1.54) is 17.7 Å². The summed E-state index contributed by atoms with van der Waals surface area (Å²) < 4.78 is 7.86. The van der Waals surface area contributed by atoms with Gasteiger partial charge in [-0.05, 0) is 25.0 Å². The first-order valence-electron chi connectivity index (χ1n) is 7.95. The molecule has 6 nitrogen and oxygen atoms in total. The van der Waals surface area contributed by atoms with Crippen molar-refractivity contribution in [3.8, 4) is 5.75 Å². The minimum absolute atomic E-state index is 0.270. The van der Waals surface area contributed by atoms with Gasteiger partial charge >= 0.3 is 5.97 Å². The Kier molecular flexibility index (Phi) is 3.53. The number of aromatic carboxylic acids is 1. The standard InChI is InChI=1S/C17H19N3O3/c21-17(22)12-3-4-13-10-19(6-7-23-16(13)8-12)11-14-9-18-20-5-1-2-15(14)20/h3-4,8-9H,1-2,5-7,10-11H2,(H,21,22). The van der Waals surface area contributed by atoms with E-state index in [1.807, 2.05) is 12.3 Å². The number of carboxylic acids is 1. The third kappa shape index (κ3) is 2.70. The summed E-state index contributed by atoms with van der Waals surface area (Å²) >= 11 is 0. The van der Waals surface area contributed by atoms with Crippen LogP contribution in [0.5, 0.6) is 5.75 Å². The highest BCUT2D eigenvalue weighted by molar-refractivity contribution is 5.88. The van der Waals surface area contributed by atoms with E-state index in [1.54, 1.807) is 12.1 Å². The van der Waals surface area contributed by atoms with Crippen LogP contribution in [0.25, 0.3) is 0 Å². The Hall–Kier alpha value is -2.34. The van der Waals surface area contributed by atoms with Crippen LogP contribution in [-0.2, 0) is 26.1 Å². The van der Waals surface area contributed by atoms with Crippen LogP contribution in [0.4, 0.5) is 0 Å². The summed E-state index contributed by atoms with van der Waals surface area (Å²) in [6.07, 6.45) is 4.27. The van der Waals surface area contributed by atoms with E-state index in [9.17, 15) is 4.79 Å². The van der Waals surface area contributed by atoms with E-state index in [4.69, 9.17) is 9.84 Å². The van der Waals surface area contributed by atoms with Crippen molar-refractivity contribution in [3.63, 3.8) is 0 Å². The lowest BCUT2D eigenvalue weighted by molar-refractivity contribution is 0.0696. The van der Waals surface area contributed by atoms with Gasteiger partial charge in [0.05, 0.1) is 11.8 Å². The highest BCUT2D eigenvalue weighted by Gasteiger charge is 2.21. The van der Waals surface area contributed by atoms with Crippen LogP contribution in [0.3, 0.4) is 0 Å². The van der Waals surface area contributed by atoms with E-state index in [0.717, 1.165) is 38.2 Å². The Bertz CT molecular complexity index is 754. The molecule has 0 amide bonds. The van der Waals surface area contributed by atoms with Crippen molar-refractivity contribution >= 4 is 5.97 Å². The lowest BCUT2D eigenvalue weighted by Gasteiger charge is -2.19. The summed E-state index contributed by atoms with van der Waals surface area (Å²) in [6.45, 7) is 4.04. The van der Waals surface area contributed by atoms with Gasteiger partial charge in [-0.1, -0.05) is 6.07 Å². The van der Waals surface area contributed by atoms with Crippen molar-refractivity contribution in [2.45, 2.75) is 32.5 Å². The highest BCUT2D eigenvalue weighted by Crippen LogP contribution is 2.26. The molecule has 3 heterocycles. The maximum Gasteiger partial charge on any atom is 0.335 e. The van der Waals surface area contributed by atoms with E-state index in [2.05, 4.69) is 14.7 Å². The average molecular weight is 313 g/mol. The summed E-state index contributed by atoms with van der Waals surface area (Å²) in [5.74, 6) is -0.236. The molecule has 0 aliphatic carbocycles. The van der Waals surface area contributed by atoms with Crippen molar-refractivity contribution in [2.75, 3.05) is 13.2 Å². The van der Waals surface area contributed by atoms with E-state index < -0.39 is 5.97 Å². The highest BCUT2D eigenvalue weighted by atomic mass is 16.5. The molecule has 4 rings (SSSR count). The third-order valence-electron chi connectivity index (χ3n) is 4.59. The van der Waals surface area contributed by atoms with Crippen molar-refractivity contribution < 1.29 is 14.6 Å². The molecule has 0 unspecified atom stereocenters. The maximum absolute atomic E-state index is 11.1. The van der Waals surface area contributed by atoms with Gasteiger partial charge in [-0.2, -0.15) is 5.10 Å². The first-order valence-corrected chi connectivity index (χ1v) is 7.95. The van der Waals surface area contributed by atoms with Crippen LogP contribution in [0, 0.1) is 0 Å². The lowest BCUT2D eigenvalue weighted by Crippen LogP contribution is -2.25. The number of hydrogen-bond acceptors (Lipinski definition) is 4. The normalized spacial score (nSPS) is 17.2. The number of benzene rings is 1. The summed E-state index contributed by atoms with van der Waals surface area (Å²) in [6, 6.07) is 5.13. The Morgan fingerprint density at radius 2 is 2.26 bits per heavy atom. The number of nitrogens with zero attached hydrogens (tertiary/aromatic N) is 3. The molecule has 0 bridgehead atoms. The van der Waals surface area contributed by atoms with Crippen molar-refractivity contribution in [1.29, 1.82) is 0 Å². The molecular weight excluding hydrogens is 294 g/mol. The number of hydrogen-bond donors (Lipinski definition) is 1. The van der Waals surface area contributed by atoms with Crippen LogP contribution in [0.15, 0.2) is 24.4 Å². The molecule has 2 aliphatic heterocycles. The molecule has 0 saturated heterocycles. The van der Waals surface area contributed by atoms with Crippen molar-refractivity contribution in [3.05, 3.63) is 46.8 Å². The van der Waals surface area contributed by atoms with Gasteiger partial charge in [-0.25, -0.2) is 4.79 Å². The van der Waals surface area contributed by atoms with Crippen molar-refractivity contribution in [2.24, 2.45) is 0 Å². The van der Waals surface area contributed by atoms with Gasteiger partial charge in [0, 0.05) is 43.0 Å². The monoisotopic (exact) mass is 313 g/mol. The van der Waals surface area contributed by atoms with Crippen molar-refractivity contribution in [1.82, 2.24) is 14.7 Å². The molecule has 1 N–H and O–H groups in total. The van der Waals surface area contributed by atoms with Gasteiger partial charge in [0.2, 0.25) is 0 Å². The Balaban J connectivity index is 1.54. The number of carbonyl (C=O) groups is 1. The SMILES string of the molecule is O=C(O)c1ccc2c(c1)OCCN(Cc1cnn3c1CCC3)C2. The minimum atomic E-state index is -0.923. The fraction of sp³-hybridized carbons (Fsp3) is 0.412. The van der Waals surface area contributed by atoms with Crippen LogP contribution in [0.1, 0.15) is 33.6 Å². The predicted molar refractivity (Wildman–Crippen MR) is 83.6 cm³/mol. The third-order valence-corrected chi connectivity index (χ3v) is 4.59. The molecule has 23 heavy (non-hydrogen) atoms. The molecule has 0 radical (unpaired) electrons. The molecule has 2 aromatic rings. The minimum Gasteiger partial charge on any atom is -0.492 e. The molecule has 0 spiro atoms. The quantitative estimate of drug-likeness (QED) is 0.938. The van der Waals surface area contributed by atoms with Crippen LogP contribution in [-0.4, -0.2) is 38.9 Å². The first kappa shape index (κ1) is 14.3. The molecule has 1 aromatic carbocycles. The van der Waals surface area contributed by atoms with Gasteiger partial charge in [0.25, 0.3) is 0 Å². The number of fused-ring (bicyclic) bond motifs is 2. The van der Waals surface area contributed by atoms with Crippen LogP contribution >= 0.6 is 0 Å². The van der Waals surface area contributed by atoms with Gasteiger partial charge in [0.1, 0.15) is 12.4 Å². The molecule has 6 heteroatoms. The number of aromatic nitrogens is 2. The second kappa shape index (κ2) is 5.70. The van der Waals surface area contributed by atoms with Crippen LogP contribution in [0.2, 0.25) is 0 Å². The second-order valence-electron chi connectivity index (χ2n) is 6.13. The van der Waals surface area contributed by atoms with E-state index >= 15 is 0 Å². The Labute approximate surface area is 134 Å².